The number of ether oxygens (including phenoxy) is 2. The first-order valence-corrected chi connectivity index (χ1v) is 11.9. The van der Waals surface area contributed by atoms with Crippen LogP contribution >= 0.6 is 11.8 Å². The Morgan fingerprint density at radius 1 is 0.882 bits per heavy atom. The second-order valence-corrected chi connectivity index (χ2v) is 9.10. The molecule has 6 nitrogen and oxygen atoms in total. The monoisotopic (exact) mass is 478 g/mol. The number of benzene rings is 3. The number of nitrogens with one attached hydrogen (secondary N) is 2. The molecule has 0 aliphatic heterocycles. The molecule has 1 atom stereocenters. The highest BCUT2D eigenvalue weighted by atomic mass is 32.2. The Morgan fingerprint density at radius 2 is 1.56 bits per heavy atom. The van der Waals surface area contributed by atoms with E-state index in [1.807, 2.05) is 63.2 Å². The molecule has 3 rings (SSSR count). The van der Waals surface area contributed by atoms with Crippen molar-refractivity contribution in [1.29, 1.82) is 0 Å². The van der Waals surface area contributed by atoms with Gasteiger partial charge in [-0.25, -0.2) is 0 Å². The van der Waals surface area contributed by atoms with Crippen molar-refractivity contribution in [3.8, 4) is 11.5 Å². The second-order valence-electron chi connectivity index (χ2n) is 7.82. The molecule has 0 heterocycles. The summed E-state index contributed by atoms with van der Waals surface area (Å²) in [5.41, 5.74) is 4.04. The molecule has 0 saturated heterocycles. The number of para-hydroxylation sites is 1. The van der Waals surface area contributed by atoms with Gasteiger partial charge in [0.2, 0.25) is 5.91 Å². The summed E-state index contributed by atoms with van der Waals surface area (Å²) >= 11 is 1.48. The van der Waals surface area contributed by atoms with Crippen molar-refractivity contribution in [2.45, 2.75) is 37.3 Å². The lowest BCUT2D eigenvalue weighted by atomic mass is 10.1. The maximum Gasteiger partial charge on any atom is 0.255 e. The van der Waals surface area contributed by atoms with Crippen LogP contribution in [0.2, 0.25) is 0 Å². The van der Waals surface area contributed by atoms with Gasteiger partial charge in [-0.15, -0.1) is 11.8 Å². The van der Waals surface area contributed by atoms with Crippen molar-refractivity contribution in [3.05, 3.63) is 77.4 Å². The fourth-order valence-electron chi connectivity index (χ4n) is 3.53. The van der Waals surface area contributed by atoms with E-state index in [1.165, 1.54) is 18.9 Å². The molecule has 0 spiro atoms. The van der Waals surface area contributed by atoms with E-state index < -0.39 is 0 Å². The number of carbonyl (C=O) groups excluding carboxylic acids is 2. The number of amides is 2. The highest BCUT2D eigenvalue weighted by molar-refractivity contribution is 8.00. The number of methoxy groups -OCH3 is 2. The lowest BCUT2D eigenvalue weighted by Crippen LogP contribution is -2.25. The normalized spacial score (nSPS) is 11.4. The van der Waals surface area contributed by atoms with Gasteiger partial charge in [-0.1, -0.05) is 31.2 Å². The van der Waals surface area contributed by atoms with Crippen LogP contribution in [-0.4, -0.2) is 31.3 Å². The number of aryl methyl sites for hydroxylation is 2. The number of thioether (sulfide) groups is 1. The minimum Gasteiger partial charge on any atom is -0.493 e. The molecule has 178 valence electrons. The van der Waals surface area contributed by atoms with Crippen LogP contribution in [0.15, 0.2) is 65.6 Å². The zero-order valence-electron chi connectivity index (χ0n) is 20.1. The fraction of sp³-hybridized carbons (Fsp3) is 0.259. The molecule has 7 heteroatoms. The zero-order chi connectivity index (χ0) is 24.7. The maximum absolute atomic E-state index is 13.0. The molecule has 0 aromatic heterocycles. The van der Waals surface area contributed by atoms with Crippen molar-refractivity contribution in [1.82, 2.24) is 0 Å². The Bertz CT molecular complexity index is 1160. The minimum atomic E-state index is -0.268. The van der Waals surface area contributed by atoms with Crippen molar-refractivity contribution in [2.75, 3.05) is 24.9 Å². The van der Waals surface area contributed by atoms with Crippen LogP contribution < -0.4 is 20.1 Å². The molecular weight excluding hydrogens is 448 g/mol. The van der Waals surface area contributed by atoms with E-state index in [4.69, 9.17) is 9.47 Å². The molecule has 0 bridgehead atoms. The molecule has 0 radical (unpaired) electrons. The summed E-state index contributed by atoms with van der Waals surface area (Å²) in [7, 11) is 3.08. The number of hydrogen-bond donors (Lipinski definition) is 2. The topological polar surface area (TPSA) is 76.7 Å². The van der Waals surface area contributed by atoms with Gasteiger partial charge < -0.3 is 20.1 Å². The van der Waals surface area contributed by atoms with Crippen LogP contribution in [0.4, 0.5) is 11.4 Å². The molecule has 0 aliphatic rings. The molecule has 1 unspecified atom stereocenters. The van der Waals surface area contributed by atoms with E-state index >= 15 is 0 Å². The summed E-state index contributed by atoms with van der Waals surface area (Å²) in [4.78, 5) is 26.7. The standard InChI is InChI=1S/C27H30N2O4S/c1-6-24(27(31)29-25-17(2)9-7-10-18(25)3)34-21-12-8-11-20(16-21)28-26(30)19-13-14-22(32-4)23(15-19)33-5/h7-16,24H,6H2,1-5H3,(H,28,30)(H,29,31). The Labute approximate surface area is 205 Å². The van der Waals surface area contributed by atoms with Crippen molar-refractivity contribution in [3.63, 3.8) is 0 Å². The maximum atomic E-state index is 13.0. The SMILES string of the molecule is CCC(Sc1cccc(NC(=O)c2ccc(OC)c(OC)c2)c1)C(=O)Nc1c(C)cccc1C. The van der Waals surface area contributed by atoms with E-state index in [9.17, 15) is 9.59 Å². The van der Waals surface area contributed by atoms with E-state index in [-0.39, 0.29) is 17.1 Å². The van der Waals surface area contributed by atoms with Gasteiger partial charge in [-0.2, -0.15) is 0 Å². The smallest absolute Gasteiger partial charge is 0.255 e. The Hall–Kier alpha value is -3.45. The van der Waals surface area contributed by atoms with Gasteiger partial charge in [0.05, 0.1) is 19.5 Å². The third kappa shape index (κ3) is 6.11. The highest BCUT2D eigenvalue weighted by Gasteiger charge is 2.20. The number of carbonyl (C=O) groups is 2. The van der Waals surface area contributed by atoms with E-state index in [2.05, 4.69) is 10.6 Å². The molecule has 0 saturated carbocycles. The first-order valence-electron chi connectivity index (χ1n) is 11.0. The lowest BCUT2D eigenvalue weighted by molar-refractivity contribution is -0.115. The number of rotatable bonds is 9. The van der Waals surface area contributed by atoms with E-state index in [0.717, 1.165) is 21.7 Å². The summed E-state index contributed by atoms with van der Waals surface area (Å²) in [6.07, 6.45) is 0.670. The van der Waals surface area contributed by atoms with Crippen LogP contribution in [0.3, 0.4) is 0 Å². The van der Waals surface area contributed by atoms with Crippen molar-refractivity contribution < 1.29 is 19.1 Å². The number of anilines is 2. The lowest BCUT2D eigenvalue weighted by Gasteiger charge is -2.18. The van der Waals surface area contributed by atoms with Gasteiger partial charge in [0.1, 0.15) is 0 Å². The molecular formula is C27H30N2O4S. The molecule has 2 N–H and O–H groups in total. The summed E-state index contributed by atoms with van der Waals surface area (Å²) in [5.74, 6) is 0.745. The summed E-state index contributed by atoms with van der Waals surface area (Å²) in [5, 5.41) is 5.73. The summed E-state index contributed by atoms with van der Waals surface area (Å²) in [6.45, 7) is 5.97. The molecule has 2 amide bonds. The van der Waals surface area contributed by atoms with E-state index in [1.54, 1.807) is 25.3 Å². The van der Waals surface area contributed by atoms with Crippen LogP contribution in [0, 0.1) is 13.8 Å². The average molecular weight is 479 g/mol. The Balaban J connectivity index is 1.70. The van der Waals surface area contributed by atoms with Gasteiger partial charge in [0.25, 0.3) is 5.91 Å². The average Bonchev–Trinajstić information content (AvgIpc) is 2.84. The van der Waals surface area contributed by atoms with Gasteiger partial charge in [0.15, 0.2) is 11.5 Å². The van der Waals surface area contributed by atoms with Crippen LogP contribution in [0.5, 0.6) is 11.5 Å². The van der Waals surface area contributed by atoms with Gasteiger partial charge >= 0.3 is 0 Å². The predicted molar refractivity (Wildman–Crippen MR) is 138 cm³/mol. The number of hydrogen-bond acceptors (Lipinski definition) is 5. The van der Waals surface area contributed by atoms with Crippen LogP contribution in [-0.2, 0) is 4.79 Å². The fourth-order valence-corrected chi connectivity index (χ4v) is 4.54. The largest absolute Gasteiger partial charge is 0.493 e. The van der Waals surface area contributed by atoms with Crippen LogP contribution in [0.1, 0.15) is 34.8 Å². The molecule has 0 aliphatic carbocycles. The third-order valence-corrected chi connectivity index (χ3v) is 6.77. The van der Waals surface area contributed by atoms with Crippen molar-refractivity contribution >= 4 is 35.0 Å². The second kappa shape index (κ2) is 11.6. The predicted octanol–water partition coefficient (Wildman–Crippen LogP) is 6.08. The first kappa shape index (κ1) is 25.2. The summed E-state index contributed by atoms with van der Waals surface area (Å²) < 4.78 is 10.5. The van der Waals surface area contributed by atoms with Gasteiger partial charge in [-0.3, -0.25) is 9.59 Å². The van der Waals surface area contributed by atoms with E-state index in [0.29, 0.717) is 29.2 Å². The quantitative estimate of drug-likeness (QED) is 0.364. The molecule has 3 aromatic carbocycles. The molecule has 34 heavy (non-hydrogen) atoms. The van der Waals surface area contributed by atoms with Crippen molar-refractivity contribution in [2.24, 2.45) is 0 Å². The highest BCUT2D eigenvalue weighted by Crippen LogP contribution is 2.31. The van der Waals surface area contributed by atoms with Gasteiger partial charge in [0, 0.05) is 21.8 Å². The molecule has 3 aromatic rings. The third-order valence-electron chi connectivity index (χ3n) is 5.41. The first-order chi connectivity index (χ1) is 16.4. The minimum absolute atomic E-state index is 0.0373. The molecule has 0 fully saturated rings. The van der Waals surface area contributed by atoms with Crippen LogP contribution in [0.25, 0.3) is 0 Å². The zero-order valence-corrected chi connectivity index (χ0v) is 20.9. The summed E-state index contributed by atoms with van der Waals surface area (Å²) in [6, 6.07) is 18.5. The van der Waals surface area contributed by atoms with Gasteiger partial charge in [-0.05, 0) is 67.8 Å². The Morgan fingerprint density at radius 3 is 2.21 bits per heavy atom. The Kier molecular flexibility index (Phi) is 8.60.